The van der Waals surface area contributed by atoms with Gasteiger partial charge in [0.25, 0.3) is 0 Å². The average Bonchev–Trinajstić information content (AvgIpc) is 2.98. The fourth-order valence-electron chi connectivity index (χ4n) is 2.21. The van der Waals surface area contributed by atoms with Crippen molar-refractivity contribution in [2.75, 3.05) is 25.0 Å². The highest BCUT2D eigenvalue weighted by Crippen LogP contribution is 2.25. The molecule has 1 fully saturated rings. The third-order valence-corrected chi connectivity index (χ3v) is 3.18. The number of nitrogens with zero attached hydrogens (tertiary/aromatic N) is 3. The number of nitrogens with one attached hydrogen (secondary N) is 1. The van der Waals surface area contributed by atoms with Gasteiger partial charge in [0.2, 0.25) is 0 Å². The molecule has 1 unspecified atom stereocenters. The molecule has 1 saturated heterocycles. The van der Waals surface area contributed by atoms with Gasteiger partial charge in [-0.3, -0.25) is 0 Å². The number of anilines is 1. The van der Waals surface area contributed by atoms with E-state index in [9.17, 15) is 0 Å². The van der Waals surface area contributed by atoms with Crippen LogP contribution in [0.5, 0.6) is 0 Å². The summed E-state index contributed by atoms with van der Waals surface area (Å²) < 4.78 is 5.14. The molecule has 3 rings (SSSR count). The summed E-state index contributed by atoms with van der Waals surface area (Å²) >= 11 is 0. The number of likely N-dealkylation sites (N-methyl/N-ethyl adjacent to an activating group) is 1. The van der Waals surface area contributed by atoms with Crippen LogP contribution in [0.3, 0.4) is 0 Å². The standard InChI is InChI=1S/C11H14N4O/c1-15(8-2-4-12-6-8)11-9-7-14-16-10(9)3-5-13-11/h3,5,7-8,12H,2,4,6H2,1H3. The molecule has 1 N–H and O–H groups in total. The van der Waals surface area contributed by atoms with Crippen molar-refractivity contribution >= 4 is 16.8 Å². The third kappa shape index (κ3) is 1.44. The Morgan fingerprint density at radius 1 is 1.56 bits per heavy atom. The zero-order valence-electron chi connectivity index (χ0n) is 9.18. The zero-order chi connectivity index (χ0) is 11.0. The van der Waals surface area contributed by atoms with Crippen molar-refractivity contribution in [2.24, 2.45) is 0 Å². The lowest BCUT2D eigenvalue weighted by Crippen LogP contribution is -2.33. The molecule has 0 radical (unpaired) electrons. The van der Waals surface area contributed by atoms with Crippen molar-refractivity contribution in [3.05, 3.63) is 18.5 Å². The van der Waals surface area contributed by atoms with E-state index in [0.29, 0.717) is 6.04 Å². The Labute approximate surface area is 93.4 Å². The molecule has 1 aliphatic heterocycles. The van der Waals surface area contributed by atoms with Gasteiger partial charge in [-0.15, -0.1) is 0 Å². The molecule has 5 nitrogen and oxygen atoms in total. The monoisotopic (exact) mass is 218 g/mol. The van der Waals surface area contributed by atoms with Crippen LogP contribution in [0, 0.1) is 0 Å². The Bertz CT molecular complexity index is 489. The van der Waals surface area contributed by atoms with E-state index in [1.807, 2.05) is 6.07 Å². The summed E-state index contributed by atoms with van der Waals surface area (Å²) in [5.74, 6) is 0.951. The summed E-state index contributed by atoms with van der Waals surface area (Å²) in [4.78, 5) is 6.63. The molecule has 3 heterocycles. The summed E-state index contributed by atoms with van der Waals surface area (Å²) in [7, 11) is 2.08. The highest BCUT2D eigenvalue weighted by Gasteiger charge is 2.22. The van der Waals surface area contributed by atoms with Gasteiger partial charge in [-0.25, -0.2) is 4.98 Å². The maximum absolute atomic E-state index is 5.14. The smallest absolute Gasteiger partial charge is 0.172 e. The number of hydrogen-bond donors (Lipinski definition) is 1. The fraction of sp³-hybridized carbons (Fsp3) is 0.455. The highest BCUT2D eigenvalue weighted by atomic mass is 16.5. The summed E-state index contributed by atoms with van der Waals surface area (Å²) in [6.07, 6.45) is 4.65. The maximum atomic E-state index is 5.14. The van der Waals surface area contributed by atoms with Crippen molar-refractivity contribution in [1.29, 1.82) is 0 Å². The Kier molecular flexibility index (Phi) is 2.25. The van der Waals surface area contributed by atoms with Crippen molar-refractivity contribution in [3.63, 3.8) is 0 Å². The molecule has 2 aromatic rings. The van der Waals surface area contributed by atoms with Gasteiger partial charge in [-0.1, -0.05) is 5.16 Å². The lowest BCUT2D eigenvalue weighted by molar-refractivity contribution is 0.456. The first-order valence-corrected chi connectivity index (χ1v) is 5.49. The van der Waals surface area contributed by atoms with Crippen LogP contribution in [0.25, 0.3) is 11.0 Å². The predicted octanol–water partition coefficient (Wildman–Crippen LogP) is 1.02. The van der Waals surface area contributed by atoms with E-state index in [1.54, 1.807) is 12.4 Å². The van der Waals surface area contributed by atoms with Crippen LogP contribution in [0.2, 0.25) is 0 Å². The van der Waals surface area contributed by atoms with Gasteiger partial charge in [-0.05, 0) is 13.0 Å². The van der Waals surface area contributed by atoms with Crippen molar-refractivity contribution in [3.8, 4) is 0 Å². The molecule has 1 atom stereocenters. The van der Waals surface area contributed by atoms with Gasteiger partial charge in [0.1, 0.15) is 5.82 Å². The van der Waals surface area contributed by atoms with Crippen LogP contribution in [-0.2, 0) is 0 Å². The van der Waals surface area contributed by atoms with Crippen LogP contribution in [0.4, 0.5) is 5.82 Å². The minimum Gasteiger partial charge on any atom is -0.356 e. The molecule has 0 bridgehead atoms. The number of pyridine rings is 1. The van der Waals surface area contributed by atoms with Gasteiger partial charge < -0.3 is 14.7 Å². The molecule has 84 valence electrons. The van der Waals surface area contributed by atoms with Gasteiger partial charge in [-0.2, -0.15) is 0 Å². The molecule has 5 heteroatoms. The Balaban J connectivity index is 2.00. The van der Waals surface area contributed by atoms with Crippen molar-refractivity contribution in [2.45, 2.75) is 12.5 Å². The van der Waals surface area contributed by atoms with Gasteiger partial charge >= 0.3 is 0 Å². The topological polar surface area (TPSA) is 54.2 Å². The normalized spacial score (nSPS) is 20.4. The van der Waals surface area contributed by atoms with E-state index in [0.717, 1.165) is 36.3 Å². The van der Waals surface area contributed by atoms with Crippen molar-refractivity contribution in [1.82, 2.24) is 15.5 Å². The number of aromatic nitrogens is 2. The highest BCUT2D eigenvalue weighted by molar-refractivity contribution is 5.87. The predicted molar refractivity (Wildman–Crippen MR) is 61.5 cm³/mol. The molecular formula is C11H14N4O. The lowest BCUT2D eigenvalue weighted by atomic mass is 10.2. The van der Waals surface area contributed by atoms with E-state index in [-0.39, 0.29) is 0 Å². The lowest BCUT2D eigenvalue weighted by Gasteiger charge is -2.24. The molecule has 0 amide bonds. The zero-order valence-corrected chi connectivity index (χ0v) is 9.18. The van der Waals surface area contributed by atoms with Gasteiger partial charge in [0.05, 0.1) is 11.6 Å². The average molecular weight is 218 g/mol. The number of hydrogen-bond acceptors (Lipinski definition) is 5. The van der Waals surface area contributed by atoms with Gasteiger partial charge in [0, 0.05) is 31.9 Å². The van der Waals surface area contributed by atoms with E-state index >= 15 is 0 Å². The largest absolute Gasteiger partial charge is 0.356 e. The Morgan fingerprint density at radius 3 is 3.31 bits per heavy atom. The van der Waals surface area contributed by atoms with E-state index < -0.39 is 0 Å². The quantitative estimate of drug-likeness (QED) is 0.815. The second kappa shape index (κ2) is 3.75. The van der Waals surface area contributed by atoms with Crippen LogP contribution in [0.15, 0.2) is 23.0 Å². The first-order chi connectivity index (χ1) is 7.86. The summed E-state index contributed by atoms with van der Waals surface area (Å²) in [6.45, 7) is 2.09. The van der Waals surface area contributed by atoms with Crippen LogP contribution in [0.1, 0.15) is 6.42 Å². The molecule has 2 aromatic heterocycles. The third-order valence-electron chi connectivity index (χ3n) is 3.18. The number of rotatable bonds is 2. The van der Waals surface area contributed by atoms with E-state index in [1.165, 1.54) is 0 Å². The van der Waals surface area contributed by atoms with Gasteiger partial charge in [0.15, 0.2) is 5.58 Å². The van der Waals surface area contributed by atoms with E-state index in [4.69, 9.17) is 4.52 Å². The number of fused-ring (bicyclic) bond motifs is 1. The minimum absolute atomic E-state index is 0.507. The van der Waals surface area contributed by atoms with Crippen LogP contribution < -0.4 is 10.2 Å². The second-order valence-electron chi connectivity index (χ2n) is 4.13. The summed E-state index contributed by atoms with van der Waals surface area (Å²) in [6, 6.07) is 2.35. The van der Waals surface area contributed by atoms with E-state index in [2.05, 4.69) is 27.4 Å². The molecular weight excluding hydrogens is 204 g/mol. The molecule has 0 saturated carbocycles. The van der Waals surface area contributed by atoms with Crippen molar-refractivity contribution < 1.29 is 4.52 Å². The van der Waals surface area contributed by atoms with Crippen LogP contribution >= 0.6 is 0 Å². The molecule has 16 heavy (non-hydrogen) atoms. The summed E-state index contributed by atoms with van der Waals surface area (Å²) in [5.41, 5.74) is 0.794. The Hall–Kier alpha value is -1.62. The van der Waals surface area contributed by atoms with Crippen LogP contribution in [-0.4, -0.2) is 36.3 Å². The molecule has 0 aliphatic carbocycles. The summed E-state index contributed by atoms with van der Waals surface area (Å²) in [5, 5.41) is 8.15. The first kappa shape index (κ1) is 9.59. The fourth-order valence-corrected chi connectivity index (χ4v) is 2.21. The minimum atomic E-state index is 0.507. The molecule has 0 spiro atoms. The maximum Gasteiger partial charge on any atom is 0.172 e. The molecule has 0 aromatic carbocycles. The first-order valence-electron chi connectivity index (χ1n) is 5.49. The second-order valence-corrected chi connectivity index (χ2v) is 4.13. The Morgan fingerprint density at radius 2 is 2.50 bits per heavy atom. The SMILES string of the molecule is CN(c1nccc2oncc12)C1CCNC1. The molecule has 1 aliphatic rings.